The van der Waals surface area contributed by atoms with Gasteiger partial charge in [-0.1, -0.05) is 23.8 Å². The van der Waals surface area contributed by atoms with Crippen molar-refractivity contribution in [1.82, 2.24) is 4.98 Å². The summed E-state index contributed by atoms with van der Waals surface area (Å²) in [6.07, 6.45) is 5.52. The first-order valence-electron chi connectivity index (χ1n) is 5.07. The molecule has 1 aromatic heterocycles. The highest BCUT2D eigenvalue weighted by molar-refractivity contribution is 6.30. The quantitative estimate of drug-likeness (QED) is 0.599. The van der Waals surface area contributed by atoms with Crippen molar-refractivity contribution in [3.63, 3.8) is 0 Å². The predicted molar refractivity (Wildman–Crippen MR) is 64.3 cm³/mol. The Morgan fingerprint density at radius 1 is 1.62 bits per heavy atom. The minimum absolute atomic E-state index is 0.225. The van der Waals surface area contributed by atoms with Crippen LogP contribution in [0.2, 0.25) is 5.15 Å². The summed E-state index contributed by atoms with van der Waals surface area (Å²) in [6.45, 7) is 4.08. The van der Waals surface area contributed by atoms with Crippen LogP contribution in [-0.2, 0) is 9.53 Å². The SMILES string of the molecule is CCOC(=O)CC=Cc1cnc(Cl)c(C)c1. The molecule has 86 valence electrons. The molecule has 0 aliphatic carbocycles. The first-order valence-corrected chi connectivity index (χ1v) is 5.45. The summed E-state index contributed by atoms with van der Waals surface area (Å²) < 4.78 is 4.80. The molecule has 0 spiro atoms. The zero-order chi connectivity index (χ0) is 12.0. The average molecular weight is 240 g/mol. The van der Waals surface area contributed by atoms with Gasteiger partial charge in [-0.25, -0.2) is 4.98 Å². The monoisotopic (exact) mass is 239 g/mol. The Bertz CT molecular complexity index is 402. The van der Waals surface area contributed by atoms with Crippen LogP contribution in [0.15, 0.2) is 18.3 Å². The molecule has 3 nitrogen and oxygen atoms in total. The number of ether oxygens (including phenoxy) is 1. The van der Waals surface area contributed by atoms with E-state index in [1.807, 2.05) is 19.1 Å². The fraction of sp³-hybridized carbons (Fsp3) is 0.333. The number of hydrogen-bond donors (Lipinski definition) is 0. The number of pyridine rings is 1. The number of carbonyl (C=O) groups is 1. The molecule has 1 aromatic rings. The summed E-state index contributed by atoms with van der Waals surface area (Å²) in [4.78, 5) is 15.1. The van der Waals surface area contributed by atoms with Crippen molar-refractivity contribution >= 4 is 23.6 Å². The van der Waals surface area contributed by atoms with Gasteiger partial charge in [0.25, 0.3) is 0 Å². The van der Waals surface area contributed by atoms with Crippen molar-refractivity contribution in [2.45, 2.75) is 20.3 Å². The molecular formula is C12H14ClNO2. The highest BCUT2D eigenvalue weighted by Crippen LogP contribution is 2.13. The number of carbonyl (C=O) groups excluding carboxylic acids is 1. The van der Waals surface area contributed by atoms with Gasteiger partial charge >= 0.3 is 5.97 Å². The zero-order valence-corrected chi connectivity index (χ0v) is 10.1. The van der Waals surface area contributed by atoms with Crippen molar-refractivity contribution in [2.75, 3.05) is 6.61 Å². The normalized spacial score (nSPS) is 10.7. The van der Waals surface area contributed by atoms with Crippen molar-refractivity contribution in [1.29, 1.82) is 0 Å². The molecule has 16 heavy (non-hydrogen) atoms. The van der Waals surface area contributed by atoms with E-state index in [9.17, 15) is 4.79 Å². The molecule has 0 unspecified atom stereocenters. The summed E-state index contributed by atoms with van der Waals surface area (Å²) in [5.74, 6) is -0.225. The fourth-order valence-electron chi connectivity index (χ4n) is 1.18. The number of halogens is 1. The van der Waals surface area contributed by atoms with Crippen LogP contribution in [0.1, 0.15) is 24.5 Å². The van der Waals surface area contributed by atoms with Crippen LogP contribution in [0.4, 0.5) is 0 Å². The summed E-state index contributed by atoms with van der Waals surface area (Å²) in [5.41, 5.74) is 1.84. The summed E-state index contributed by atoms with van der Waals surface area (Å²) in [6, 6.07) is 1.91. The van der Waals surface area contributed by atoms with Gasteiger partial charge in [0.2, 0.25) is 0 Å². The Hall–Kier alpha value is -1.35. The van der Waals surface area contributed by atoms with Crippen molar-refractivity contribution in [2.24, 2.45) is 0 Å². The van der Waals surface area contributed by atoms with Gasteiger partial charge in [0.1, 0.15) is 5.15 Å². The van der Waals surface area contributed by atoms with Crippen LogP contribution in [0.3, 0.4) is 0 Å². The van der Waals surface area contributed by atoms with E-state index in [1.54, 1.807) is 19.2 Å². The van der Waals surface area contributed by atoms with E-state index in [0.29, 0.717) is 11.8 Å². The van der Waals surface area contributed by atoms with Gasteiger partial charge in [-0.15, -0.1) is 0 Å². The van der Waals surface area contributed by atoms with E-state index in [1.165, 1.54) is 0 Å². The Labute approximate surface area is 100 Å². The molecule has 4 heteroatoms. The molecule has 0 N–H and O–H groups in total. The zero-order valence-electron chi connectivity index (χ0n) is 9.37. The van der Waals surface area contributed by atoms with E-state index in [2.05, 4.69) is 4.98 Å². The van der Waals surface area contributed by atoms with Crippen LogP contribution in [-0.4, -0.2) is 17.6 Å². The fourth-order valence-corrected chi connectivity index (χ4v) is 1.29. The number of aryl methyl sites for hydroxylation is 1. The molecule has 0 bridgehead atoms. The van der Waals surface area contributed by atoms with Crippen molar-refractivity contribution in [3.05, 3.63) is 34.6 Å². The van der Waals surface area contributed by atoms with Gasteiger partial charge in [0.05, 0.1) is 13.0 Å². The molecule has 0 radical (unpaired) electrons. The summed E-state index contributed by atoms with van der Waals surface area (Å²) in [5, 5.41) is 0.502. The molecule has 0 aromatic carbocycles. The molecule has 1 heterocycles. The number of rotatable bonds is 4. The molecule has 0 amide bonds. The molecule has 0 saturated carbocycles. The predicted octanol–water partition coefficient (Wildman–Crippen LogP) is 3.01. The maximum Gasteiger partial charge on any atom is 0.309 e. The van der Waals surface area contributed by atoms with Crippen LogP contribution in [0, 0.1) is 6.92 Å². The minimum Gasteiger partial charge on any atom is -0.466 e. The maximum absolute atomic E-state index is 11.0. The van der Waals surface area contributed by atoms with Crippen LogP contribution in [0.5, 0.6) is 0 Å². The van der Waals surface area contributed by atoms with Gasteiger partial charge in [-0.05, 0) is 31.0 Å². The van der Waals surface area contributed by atoms with E-state index in [-0.39, 0.29) is 12.4 Å². The molecule has 0 saturated heterocycles. The average Bonchev–Trinajstić information content (AvgIpc) is 2.24. The third-order valence-corrected chi connectivity index (χ3v) is 2.33. The third-order valence-electron chi connectivity index (χ3n) is 1.94. The molecule has 1 rings (SSSR count). The first kappa shape index (κ1) is 12.7. The first-order chi connectivity index (χ1) is 7.63. The number of nitrogens with zero attached hydrogens (tertiary/aromatic N) is 1. The Morgan fingerprint density at radius 3 is 3.00 bits per heavy atom. The topological polar surface area (TPSA) is 39.2 Å². The second-order valence-electron chi connectivity index (χ2n) is 3.29. The standard InChI is InChI=1S/C12H14ClNO2/c1-3-16-11(15)6-4-5-10-7-9(2)12(13)14-8-10/h4-5,7-8H,3,6H2,1-2H3. The Morgan fingerprint density at radius 2 is 2.38 bits per heavy atom. The lowest BCUT2D eigenvalue weighted by Gasteiger charge is -1.99. The lowest BCUT2D eigenvalue weighted by Crippen LogP contribution is -2.01. The molecule has 0 fully saturated rings. The second kappa shape index (κ2) is 6.28. The van der Waals surface area contributed by atoms with Gasteiger partial charge in [-0.3, -0.25) is 4.79 Å². The van der Waals surface area contributed by atoms with Gasteiger partial charge < -0.3 is 4.74 Å². The van der Waals surface area contributed by atoms with Crippen molar-refractivity contribution < 1.29 is 9.53 Å². The Kier molecular flexibility index (Phi) is 4.99. The van der Waals surface area contributed by atoms with E-state index in [4.69, 9.17) is 16.3 Å². The van der Waals surface area contributed by atoms with Gasteiger partial charge in [0.15, 0.2) is 0 Å². The number of aromatic nitrogens is 1. The minimum atomic E-state index is -0.225. The highest BCUT2D eigenvalue weighted by atomic mass is 35.5. The van der Waals surface area contributed by atoms with Crippen LogP contribution >= 0.6 is 11.6 Å². The lowest BCUT2D eigenvalue weighted by molar-refractivity contribution is -0.142. The van der Waals surface area contributed by atoms with Crippen LogP contribution < -0.4 is 0 Å². The number of esters is 1. The van der Waals surface area contributed by atoms with Crippen molar-refractivity contribution in [3.8, 4) is 0 Å². The molecule has 0 atom stereocenters. The molecule has 0 aliphatic heterocycles. The molecular weight excluding hydrogens is 226 g/mol. The lowest BCUT2D eigenvalue weighted by atomic mass is 10.2. The smallest absolute Gasteiger partial charge is 0.309 e. The van der Waals surface area contributed by atoms with E-state index >= 15 is 0 Å². The van der Waals surface area contributed by atoms with Gasteiger partial charge in [-0.2, -0.15) is 0 Å². The van der Waals surface area contributed by atoms with E-state index < -0.39 is 0 Å². The highest BCUT2D eigenvalue weighted by Gasteiger charge is 1.98. The van der Waals surface area contributed by atoms with Crippen LogP contribution in [0.25, 0.3) is 6.08 Å². The van der Waals surface area contributed by atoms with Gasteiger partial charge in [0, 0.05) is 6.20 Å². The summed E-state index contributed by atoms with van der Waals surface area (Å²) >= 11 is 5.80. The Balaban J connectivity index is 2.56. The number of hydrogen-bond acceptors (Lipinski definition) is 3. The summed E-state index contributed by atoms with van der Waals surface area (Å²) in [7, 11) is 0. The second-order valence-corrected chi connectivity index (χ2v) is 3.65. The molecule has 0 aliphatic rings. The van der Waals surface area contributed by atoms with E-state index in [0.717, 1.165) is 11.1 Å². The maximum atomic E-state index is 11.0. The third kappa shape index (κ3) is 4.03. The largest absolute Gasteiger partial charge is 0.466 e.